The number of hydrogen-bond acceptors (Lipinski definition) is 5. The van der Waals surface area contributed by atoms with Crippen molar-refractivity contribution in [3.8, 4) is 5.75 Å². The maximum Gasteiger partial charge on any atom is 0.255 e. The number of primary sulfonamides is 1. The van der Waals surface area contributed by atoms with Gasteiger partial charge >= 0.3 is 0 Å². The van der Waals surface area contributed by atoms with E-state index in [4.69, 9.17) is 9.88 Å². The van der Waals surface area contributed by atoms with Crippen LogP contribution in [0.25, 0.3) is 0 Å². The SMILES string of the molecule is COc1ccccc1C(C)(C)NC(=O)c1ccc(S(N)(=O)=O)nc1. The van der Waals surface area contributed by atoms with Gasteiger partial charge in [-0.2, -0.15) is 0 Å². The summed E-state index contributed by atoms with van der Waals surface area (Å²) in [6, 6.07) is 9.93. The third-order valence-electron chi connectivity index (χ3n) is 3.50. The number of pyridine rings is 1. The summed E-state index contributed by atoms with van der Waals surface area (Å²) in [4.78, 5) is 16.1. The molecule has 0 bridgehead atoms. The van der Waals surface area contributed by atoms with Crippen LogP contribution in [0.3, 0.4) is 0 Å². The van der Waals surface area contributed by atoms with Gasteiger partial charge in [0, 0.05) is 11.8 Å². The van der Waals surface area contributed by atoms with Crippen LogP contribution in [0.1, 0.15) is 29.8 Å². The van der Waals surface area contributed by atoms with Crippen LogP contribution in [0.5, 0.6) is 5.75 Å². The van der Waals surface area contributed by atoms with E-state index in [-0.39, 0.29) is 16.5 Å². The van der Waals surface area contributed by atoms with Crippen molar-refractivity contribution in [2.24, 2.45) is 5.14 Å². The Morgan fingerprint density at radius 2 is 1.88 bits per heavy atom. The molecule has 128 valence electrons. The summed E-state index contributed by atoms with van der Waals surface area (Å²) in [6.45, 7) is 3.68. The van der Waals surface area contributed by atoms with Crippen LogP contribution in [0.4, 0.5) is 0 Å². The Bertz CT molecular complexity index is 846. The van der Waals surface area contributed by atoms with Crippen LogP contribution in [0.15, 0.2) is 47.6 Å². The molecule has 0 saturated heterocycles. The van der Waals surface area contributed by atoms with Crippen molar-refractivity contribution in [3.05, 3.63) is 53.7 Å². The molecule has 0 aliphatic heterocycles. The van der Waals surface area contributed by atoms with Gasteiger partial charge in [0.25, 0.3) is 15.9 Å². The number of hydrogen-bond donors (Lipinski definition) is 2. The van der Waals surface area contributed by atoms with Crippen LogP contribution in [-0.4, -0.2) is 26.4 Å². The number of nitrogens with zero attached hydrogens (tertiary/aromatic N) is 1. The number of nitrogens with one attached hydrogen (secondary N) is 1. The van der Waals surface area contributed by atoms with Crippen molar-refractivity contribution in [2.75, 3.05) is 7.11 Å². The van der Waals surface area contributed by atoms with Crippen molar-refractivity contribution in [2.45, 2.75) is 24.4 Å². The van der Waals surface area contributed by atoms with Crippen LogP contribution < -0.4 is 15.2 Å². The van der Waals surface area contributed by atoms with Gasteiger partial charge < -0.3 is 10.1 Å². The average Bonchev–Trinajstić information content (AvgIpc) is 2.53. The second-order valence-electron chi connectivity index (χ2n) is 5.71. The molecule has 0 radical (unpaired) electrons. The number of rotatable bonds is 5. The molecule has 7 nitrogen and oxygen atoms in total. The standard InChI is InChI=1S/C16H19N3O4S/c1-16(2,12-6-4-5-7-13(12)23-3)19-15(20)11-8-9-14(18-10-11)24(17,21)22/h4-10H,1-3H3,(H,19,20)(H2,17,21,22). The summed E-state index contributed by atoms with van der Waals surface area (Å²) in [7, 11) is -2.33. The van der Waals surface area contributed by atoms with E-state index in [1.807, 2.05) is 38.1 Å². The molecule has 0 spiro atoms. The van der Waals surface area contributed by atoms with Crippen LogP contribution in [-0.2, 0) is 15.6 Å². The van der Waals surface area contributed by atoms with E-state index in [0.29, 0.717) is 5.75 Å². The molecule has 1 aromatic heterocycles. The zero-order valence-electron chi connectivity index (χ0n) is 13.6. The Kier molecular flexibility index (Phi) is 4.91. The fraction of sp³-hybridized carbons (Fsp3) is 0.250. The number of para-hydroxylation sites is 1. The number of carbonyl (C=O) groups is 1. The van der Waals surface area contributed by atoms with Gasteiger partial charge in [-0.1, -0.05) is 18.2 Å². The first-order chi connectivity index (χ1) is 11.1. The van der Waals surface area contributed by atoms with Crippen molar-refractivity contribution in [1.29, 1.82) is 0 Å². The first-order valence-corrected chi connectivity index (χ1v) is 8.64. The molecule has 8 heteroatoms. The van der Waals surface area contributed by atoms with Crippen molar-refractivity contribution in [1.82, 2.24) is 10.3 Å². The minimum atomic E-state index is -3.89. The highest BCUT2D eigenvalue weighted by Crippen LogP contribution is 2.29. The van der Waals surface area contributed by atoms with Crippen LogP contribution in [0.2, 0.25) is 0 Å². The zero-order chi connectivity index (χ0) is 18.0. The molecule has 1 aromatic carbocycles. The van der Waals surface area contributed by atoms with Crippen LogP contribution in [0, 0.1) is 0 Å². The van der Waals surface area contributed by atoms with Crippen molar-refractivity contribution >= 4 is 15.9 Å². The molecule has 24 heavy (non-hydrogen) atoms. The Morgan fingerprint density at radius 3 is 2.42 bits per heavy atom. The summed E-state index contributed by atoms with van der Waals surface area (Å²) < 4.78 is 27.7. The van der Waals surface area contributed by atoms with Gasteiger partial charge in [0.2, 0.25) is 0 Å². The lowest BCUT2D eigenvalue weighted by atomic mass is 9.93. The number of sulfonamides is 1. The van der Waals surface area contributed by atoms with Crippen molar-refractivity contribution in [3.63, 3.8) is 0 Å². The second kappa shape index (κ2) is 6.58. The molecule has 1 heterocycles. The van der Waals surface area contributed by atoms with Gasteiger partial charge in [-0.15, -0.1) is 0 Å². The average molecular weight is 349 g/mol. The monoisotopic (exact) mass is 349 g/mol. The molecule has 2 rings (SSSR count). The first-order valence-electron chi connectivity index (χ1n) is 7.10. The number of ether oxygens (including phenoxy) is 1. The molecule has 0 aliphatic rings. The molecular weight excluding hydrogens is 330 g/mol. The highest BCUT2D eigenvalue weighted by molar-refractivity contribution is 7.89. The fourth-order valence-electron chi connectivity index (χ4n) is 2.27. The van der Waals surface area contributed by atoms with E-state index in [2.05, 4.69) is 10.3 Å². The predicted molar refractivity (Wildman–Crippen MR) is 89.1 cm³/mol. The summed E-state index contributed by atoms with van der Waals surface area (Å²) in [5.74, 6) is 0.268. The van der Waals surface area contributed by atoms with Gasteiger partial charge in [-0.3, -0.25) is 4.79 Å². The quantitative estimate of drug-likeness (QED) is 0.847. The second-order valence-corrected chi connectivity index (χ2v) is 7.22. The van der Waals surface area contributed by atoms with E-state index in [0.717, 1.165) is 5.56 Å². The molecule has 0 atom stereocenters. The zero-order valence-corrected chi connectivity index (χ0v) is 14.4. The van der Waals surface area contributed by atoms with Gasteiger partial charge in [0.15, 0.2) is 5.03 Å². The van der Waals surface area contributed by atoms with E-state index >= 15 is 0 Å². The molecular formula is C16H19N3O4S. The van der Waals surface area contributed by atoms with E-state index < -0.39 is 15.6 Å². The molecule has 0 saturated carbocycles. The first kappa shape index (κ1) is 17.9. The number of benzene rings is 1. The Hall–Kier alpha value is -2.45. The predicted octanol–water partition coefficient (Wildman–Crippen LogP) is 1.40. The molecule has 3 N–H and O–H groups in total. The van der Waals surface area contributed by atoms with Gasteiger partial charge in [-0.25, -0.2) is 18.5 Å². The minimum absolute atomic E-state index is 0.227. The normalized spacial score (nSPS) is 11.8. The lowest BCUT2D eigenvalue weighted by molar-refractivity contribution is 0.0910. The van der Waals surface area contributed by atoms with Crippen molar-refractivity contribution < 1.29 is 17.9 Å². The number of nitrogens with two attached hydrogens (primary N) is 1. The largest absolute Gasteiger partial charge is 0.496 e. The highest BCUT2D eigenvalue weighted by atomic mass is 32.2. The summed E-state index contributed by atoms with van der Waals surface area (Å²) >= 11 is 0. The summed E-state index contributed by atoms with van der Waals surface area (Å²) in [5, 5.41) is 7.58. The van der Waals surface area contributed by atoms with E-state index in [1.54, 1.807) is 7.11 Å². The third-order valence-corrected chi connectivity index (χ3v) is 4.32. The topological polar surface area (TPSA) is 111 Å². The van der Waals surface area contributed by atoms with Crippen LogP contribution >= 0.6 is 0 Å². The molecule has 1 amide bonds. The summed E-state index contributed by atoms with van der Waals surface area (Å²) in [5.41, 5.74) is 0.336. The highest BCUT2D eigenvalue weighted by Gasteiger charge is 2.26. The lowest BCUT2D eigenvalue weighted by Gasteiger charge is -2.28. The van der Waals surface area contributed by atoms with Gasteiger partial charge in [0.1, 0.15) is 5.75 Å². The lowest BCUT2D eigenvalue weighted by Crippen LogP contribution is -2.41. The van der Waals surface area contributed by atoms with E-state index in [9.17, 15) is 13.2 Å². The Morgan fingerprint density at radius 1 is 1.21 bits per heavy atom. The maximum atomic E-state index is 12.4. The minimum Gasteiger partial charge on any atom is -0.496 e. The van der Waals surface area contributed by atoms with E-state index in [1.165, 1.54) is 18.3 Å². The molecule has 0 aliphatic carbocycles. The number of methoxy groups -OCH3 is 1. The number of carbonyl (C=O) groups excluding carboxylic acids is 1. The number of amides is 1. The van der Waals surface area contributed by atoms with Gasteiger partial charge in [-0.05, 0) is 32.0 Å². The third kappa shape index (κ3) is 3.90. The fourth-order valence-corrected chi connectivity index (χ4v) is 2.72. The van der Waals surface area contributed by atoms with Gasteiger partial charge in [0.05, 0.1) is 18.2 Å². The molecule has 0 unspecified atom stereocenters. The Labute approximate surface area is 140 Å². The smallest absolute Gasteiger partial charge is 0.255 e. The maximum absolute atomic E-state index is 12.4. The number of aromatic nitrogens is 1. The summed E-state index contributed by atoms with van der Waals surface area (Å²) in [6.07, 6.45) is 1.17. The molecule has 0 fully saturated rings. The Balaban J connectivity index is 2.25. The molecule has 2 aromatic rings.